The first-order valence-electron chi connectivity index (χ1n) is 10.0. The normalized spacial score (nSPS) is 16.2. The molecule has 0 spiro atoms. The van der Waals surface area contributed by atoms with Gasteiger partial charge in [-0.2, -0.15) is 5.10 Å². The highest BCUT2D eigenvalue weighted by atomic mass is 32.1. The van der Waals surface area contributed by atoms with Crippen molar-refractivity contribution in [2.75, 3.05) is 6.54 Å². The number of rotatable bonds is 3. The predicted molar refractivity (Wildman–Crippen MR) is 115 cm³/mol. The van der Waals surface area contributed by atoms with Crippen molar-refractivity contribution in [1.82, 2.24) is 29.5 Å². The van der Waals surface area contributed by atoms with E-state index in [4.69, 9.17) is 0 Å². The molecule has 1 aliphatic heterocycles. The van der Waals surface area contributed by atoms with Gasteiger partial charge in [-0.15, -0.1) is 11.3 Å². The summed E-state index contributed by atoms with van der Waals surface area (Å²) in [4.78, 5) is 27.3. The van der Waals surface area contributed by atoms with Crippen LogP contribution in [0.25, 0.3) is 15.7 Å². The van der Waals surface area contributed by atoms with Crippen LogP contribution in [0.5, 0.6) is 0 Å². The number of fused-ring (bicyclic) bond motifs is 3. The van der Waals surface area contributed by atoms with Gasteiger partial charge >= 0.3 is 0 Å². The molecule has 0 saturated carbocycles. The molecule has 32 heavy (non-hydrogen) atoms. The highest BCUT2D eigenvalue weighted by Gasteiger charge is 2.37. The average Bonchev–Trinajstić information content (AvgIpc) is 3.54. The summed E-state index contributed by atoms with van der Waals surface area (Å²) in [6.07, 6.45) is 1.19. The lowest BCUT2D eigenvalue weighted by atomic mass is 9.99. The lowest BCUT2D eigenvalue weighted by molar-refractivity contribution is 0.0687. The number of pyridine rings is 1. The van der Waals surface area contributed by atoms with E-state index >= 15 is 0 Å². The Balaban J connectivity index is 1.48. The molecule has 10 heteroatoms. The van der Waals surface area contributed by atoms with E-state index in [0.717, 1.165) is 15.9 Å². The molecule has 1 amide bonds. The van der Waals surface area contributed by atoms with Crippen molar-refractivity contribution in [3.63, 3.8) is 0 Å². The first kappa shape index (κ1) is 19.1. The van der Waals surface area contributed by atoms with Crippen LogP contribution >= 0.6 is 11.3 Å². The van der Waals surface area contributed by atoms with Crippen molar-refractivity contribution in [3.05, 3.63) is 82.6 Å². The Labute approximate surface area is 184 Å². The van der Waals surface area contributed by atoms with E-state index in [0.29, 0.717) is 34.9 Å². The van der Waals surface area contributed by atoms with Gasteiger partial charge in [0.2, 0.25) is 0 Å². The summed E-state index contributed by atoms with van der Waals surface area (Å²) in [7, 11) is 0. The summed E-state index contributed by atoms with van der Waals surface area (Å²) >= 11 is 1.34. The Morgan fingerprint density at radius 3 is 2.94 bits per heavy atom. The highest BCUT2D eigenvalue weighted by Crippen LogP contribution is 2.36. The number of halogens is 2. The van der Waals surface area contributed by atoms with E-state index in [1.807, 2.05) is 24.3 Å². The smallest absolute Gasteiger partial charge is 0.283 e. The number of aromatic nitrogens is 5. The molecule has 5 heterocycles. The molecular weight excluding hydrogens is 434 g/mol. The first-order chi connectivity index (χ1) is 15.6. The van der Waals surface area contributed by atoms with Gasteiger partial charge in [0.25, 0.3) is 12.3 Å². The molecule has 0 fully saturated rings. The van der Waals surface area contributed by atoms with E-state index in [2.05, 4.69) is 20.1 Å². The van der Waals surface area contributed by atoms with E-state index in [1.165, 1.54) is 28.0 Å². The van der Waals surface area contributed by atoms with Gasteiger partial charge in [0.15, 0.2) is 5.01 Å². The van der Waals surface area contributed by atoms with E-state index in [-0.39, 0.29) is 11.5 Å². The van der Waals surface area contributed by atoms with Gasteiger partial charge < -0.3 is 9.88 Å². The minimum atomic E-state index is -2.63. The molecule has 0 radical (unpaired) electrons. The molecule has 0 saturated heterocycles. The molecule has 1 aliphatic rings. The largest absolute Gasteiger partial charge is 0.348 e. The maximum Gasteiger partial charge on any atom is 0.283 e. The maximum atomic E-state index is 13.6. The fraction of sp³-hybridized carbons (Fsp3) is 0.182. The number of aromatic amines is 1. The summed E-state index contributed by atoms with van der Waals surface area (Å²) in [5.74, 6) is -0.226. The van der Waals surface area contributed by atoms with Gasteiger partial charge in [0.05, 0.1) is 33.4 Å². The second-order valence-corrected chi connectivity index (χ2v) is 8.60. The lowest BCUT2D eigenvalue weighted by Crippen LogP contribution is -2.41. The fourth-order valence-corrected chi connectivity index (χ4v) is 5.18. The number of nitrogens with zero attached hydrogens (tertiary/aromatic N) is 5. The molecule has 1 aromatic carbocycles. The van der Waals surface area contributed by atoms with Crippen molar-refractivity contribution >= 4 is 33.0 Å². The van der Waals surface area contributed by atoms with E-state index in [9.17, 15) is 13.6 Å². The van der Waals surface area contributed by atoms with Crippen LogP contribution in [0, 0.1) is 0 Å². The molecule has 1 atom stereocenters. The Morgan fingerprint density at radius 2 is 2.09 bits per heavy atom. The van der Waals surface area contributed by atoms with Crippen LogP contribution in [0.2, 0.25) is 0 Å². The summed E-state index contributed by atoms with van der Waals surface area (Å²) in [6, 6.07) is 11.5. The number of hydrogen-bond donors (Lipinski definition) is 1. The number of hydrogen-bond acceptors (Lipinski definition) is 5. The number of alkyl halides is 2. The van der Waals surface area contributed by atoms with Crippen LogP contribution in [-0.4, -0.2) is 41.9 Å². The zero-order chi connectivity index (χ0) is 21.8. The summed E-state index contributed by atoms with van der Waals surface area (Å²) in [5.41, 5.74) is 3.05. The average molecular weight is 450 g/mol. The molecule has 0 unspecified atom stereocenters. The highest BCUT2D eigenvalue weighted by molar-refractivity contribution is 7.20. The molecule has 160 valence electrons. The van der Waals surface area contributed by atoms with Crippen LogP contribution in [0.3, 0.4) is 0 Å². The number of carbonyl (C=O) groups excluding carboxylic acids is 1. The monoisotopic (exact) mass is 450 g/mol. The molecule has 7 nitrogen and oxygen atoms in total. The lowest BCUT2D eigenvalue weighted by Gasteiger charge is -2.33. The SMILES string of the molecule is O=C(c1nc2ccccc2s1)N1CCc2[nH]cnc2[C@@H]1c1cc2c(C(F)F)cccn2n1. The molecule has 0 bridgehead atoms. The standard InChI is InChI=1S/C22H16F2N6OS/c23-20(24)12-4-3-8-30-16(12)10-15(28-30)19-18-14(25-11-26-18)7-9-29(19)22(31)21-27-13-5-1-2-6-17(13)32-21/h1-6,8,10-11,19-20H,7,9H2,(H,25,26)/t19-/m0/s1. The number of nitrogens with one attached hydrogen (secondary N) is 1. The van der Waals surface area contributed by atoms with Gasteiger partial charge in [0, 0.05) is 30.4 Å². The van der Waals surface area contributed by atoms with E-state index < -0.39 is 12.5 Å². The molecular formula is C22H16F2N6OS. The van der Waals surface area contributed by atoms with Gasteiger partial charge in [-0.1, -0.05) is 12.1 Å². The summed E-state index contributed by atoms with van der Waals surface area (Å²) in [6.45, 7) is 0.435. The van der Waals surface area contributed by atoms with Crippen molar-refractivity contribution in [1.29, 1.82) is 0 Å². The van der Waals surface area contributed by atoms with Gasteiger partial charge in [0.1, 0.15) is 6.04 Å². The Kier molecular flexibility index (Phi) is 4.29. The van der Waals surface area contributed by atoms with Crippen LogP contribution in [0.4, 0.5) is 8.78 Å². The van der Waals surface area contributed by atoms with E-state index in [1.54, 1.807) is 23.5 Å². The number of H-pyrrole nitrogens is 1. The van der Waals surface area contributed by atoms with Crippen molar-refractivity contribution in [2.45, 2.75) is 18.9 Å². The zero-order valence-corrected chi connectivity index (χ0v) is 17.4. The van der Waals surface area contributed by atoms with Gasteiger partial charge in [-0.25, -0.2) is 23.3 Å². The zero-order valence-electron chi connectivity index (χ0n) is 16.6. The quantitative estimate of drug-likeness (QED) is 0.442. The predicted octanol–water partition coefficient (Wildman–Crippen LogP) is 4.39. The Hall–Kier alpha value is -3.66. The third kappa shape index (κ3) is 2.90. The van der Waals surface area contributed by atoms with Crippen LogP contribution in [-0.2, 0) is 6.42 Å². The van der Waals surface area contributed by atoms with Crippen LogP contribution in [0.15, 0.2) is 55.0 Å². The number of para-hydroxylation sites is 1. The minimum absolute atomic E-state index is 0.103. The summed E-state index contributed by atoms with van der Waals surface area (Å²) in [5, 5.41) is 4.93. The third-order valence-corrected chi connectivity index (χ3v) is 6.76. The number of imidazole rings is 1. The van der Waals surface area contributed by atoms with Crippen LogP contribution in [0.1, 0.15) is 44.9 Å². The van der Waals surface area contributed by atoms with Crippen LogP contribution < -0.4 is 0 Å². The first-order valence-corrected chi connectivity index (χ1v) is 10.9. The Morgan fingerprint density at radius 1 is 1.22 bits per heavy atom. The van der Waals surface area contributed by atoms with Crippen molar-refractivity contribution in [3.8, 4) is 0 Å². The maximum absolute atomic E-state index is 13.6. The topological polar surface area (TPSA) is 79.2 Å². The second kappa shape index (κ2) is 7.20. The number of thiazole rings is 1. The number of benzene rings is 1. The van der Waals surface area contributed by atoms with Gasteiger partial charge in [-0.3, -0.25) is 4.79 Å². The molecule has 4 aromatic heterocycles. The second-order valence-electron chi connectivity index (χ2n) is 7.57. The number of amides is 1. The molecule has 1 N–H and O–H groups in total. The molecule has 5 aromatic rings. The minimum Gasteiger partial charge on any atom is -0.348 e. The Bertz CT molecular complexity index is 1440. The fourth-order valence-electron chi connectivity index (χ4n) is 4.26. The van der Waals surface area contributed by atoms with Crippen molar-refractivity contribution < 1.29 is 13.6 Å². The third-order valence-electron chi connectivity index (χ3n) is 5.73. The van der Waals surface area contributed by atoms with Gasteiger partial charge in [-0.05, 0) is 30.3 Å². The van der Waals surface area contributed by atoms with Crippen molar-refractivity contribution in [2.24, 2.45) is 0 Å². The molecule has 0 aliphatic carbocycles. The molecule has 6 rings (SSSR count). The number of carbonyl (C=O) groups is 1. The summed E-state index contributed by atoms with van der Waals surface area (Å²) < 4.78 is 29.4.